The van der Waals surface area contributed by atoms with Gasteiger partial charge in [-0.05, 0) is 36.4 Å². The van der Waals surface area contributed by atoms with Crippen LogP contribution in [0.4, 0.5) is 5.69 Å². The number of aromatic hydroxyl groups is 1. The van der Waals surface area contributed by atoms with Gasteiger partial charge in [0.05, 0.1) is 12.9 Å². The third kappa shape index (κ3) is 4.51. The molecule has 0 unspecified atom stereocenters. The first-order chi connectivity index (χ1) is 12.1. The van der Waals surface area contributed by atoms with Gasteiger partial charge in [-0.1, -0.05) is 17.8 Å². The molecule has 0 bridgehead atoms. The van der Waals surface area contributed by atoms with Gasteiger partial charge in [-0.25, -0.2) is 0 Å². The minimum atomic E-state index is -0.192. The van der Waals surface area contributed by atoms with Gasteiger partial charge in [0.15, 0.2) is 0 Å². The van der Waals surface area contributed by atoms with Crippen molar-refractivity contribution in [3.63, 3.8) is 0 Å². The van der Waals surface area contributed by atoms with Crippen molar-refractivity contribution in [2.24, 2.45) is 0 Å². The van der Waals surface area contributed by atoms with E-state index in [1.807, 2.05) is 0 Å². The Bertz CT molecular complexity index is 864. The molecule has 0 aliphatic carbocycles. The summed E-state index contributed by atoms with van der Waals surface area (Å²) in [7, 11) is 1.57. The molecule has 0 spiro atoms. The number of carbonyl (C=O) groups is 1. The van der Waals surface area contributed by atoms with E-state index >= 15 is 0 Å². The van der Waals surface area contributed by atoms with Crippen LogP contribution >= 0.6 is 11.8 Å². The topological polar surface area (TPSA) is 97.5 Å². The Hall–Kier alpha value is -3.00. The predicted molar refractivity (Wildman–Crippen MR) is 93.7 cm³/mol. The Morgan fingerprint density at radius 3 is 2.80 bits per heavy atom. The van der Waals surface area contributed by atoms with Crippen LogP contribution < -0.4 is 10.1 Å². The van der Waals surface area contributed by atoms with Crippen molar-refractivity contribution in [3.8, 4) is 23.0 Å². The molecule has 0 aliphatic heterocycles. The summed E-state index contributed by atoms with van der Waals surface area (Å²) in [6.45, 7) is 0. The van der Waals surface area contributed by atoms with E-state index in [2.05, 4.69) is 15.5 Å². The fourth-order valence-electron chi connectivity index (χ4n) is 2.01. The number of rotatable bonds is 6. The van der Waals surface area contributed by atoms with Gasteiger partial charge in [0.1, 0.15) is 11.5 Å². The van der Waals surface area contributed by atoms with Crippen LogP contribution in [0.25, 0.3) is 11.5 Å². The molecule has 2 aromatic carbocycles. The number of thioether (sulfide) groups is 1. The van der Waals surface area contributed by atoms with Crippen molar-refractivity contribution in [2.45, 2.75) is 5.22 Å². The standard InChI is InChI=1S/C17H15N3O4S/c1-23-14-4-2-3-12(9-14)18-15(22)10-25-17-20-19-16(24-17)11-5-7-13(21)8-6-11/h2-9,21H,10H2,1H3,(H,18,22). The molecule has 0 saturated carbocycles. The van der Waals surface area contributed by atoms with Crippen LogP contribution in [0.3, 0.4) is 0 Å². The van der Waals surface area contributed by atoms with Gasteiger partial charge in [0, 0.05) is 17.3 Å². The highest BCUT2D eigenvalue weighted by Gasteiger charge is 2.11. The van der Waals surface area contributed by atoms with E-state index in [0.717, 1.165) is 11.8 Å². The van der Waals surface area contributed by atoms with E-state index in [4.69, 9.17) is 9.15 Å². The van der Waals surface area contributed by atoms with Crippen LogP contribution in [0, 0.1) is 0 Å². The van der Waals surface area contributed by atoms with Crippen molar-refractivity contribution < 1.29 is 19.1 Å². The average Bonchev–Trinajstić information content (AvgIpc) is 3.10. The SMILES string of the molecule is COc1cccc(NC(=O)CSc2nnc(-c3ccc(O)cc3)o2)c1. The Morgan fingerprint density at radius 1 is 1.24 bits per heavy atom. The Morgan fingerprint density at radius 2 is 2.04 bits per heavy atom. The first-order valence-corrected chi connectivity index (χ1v) is 8.32. The lowest BCUT2D eigenvalue weighted by Crippen LogP contribution is -2.13. The fraction of sp³-hybridized carbons (Fsp3) is 0.118. The van der Waals surface area contributed by atoms with Crippen LogP contribution in [0.5, 0.6) is 11.5 Å². The zero-order valence-electron chi connectivity index (χ0n) is 13.3. The first kappa shape index (κ1) is 16.8. The van der Waals surface area contributed by atoms with Gasteiger partial charge in [-0.3, -0.25) is 4.79 Å². The van der Waals surface area contributed by atoms with Crippen molar-refractivity contribution in [1.82, 2.24) is 10.2 Å². The monoisotopic (exact) mass is 357 g/mol. The second-order valence-electron chi connectivity index (χ2n) is 4.99. The van der Waals surface area contributed by atoms with E-state index in [9.17, 15) is 9.90 Å². The molecule has 0 fully saturated rings. The van der Waals surface area contributed by atoms with Gasteiger partial charge in [0.2, 0.25) is 11.8 Å². The summed E-state index contributed by atoms with van der Waals surface area (Å²) in [5.74, 6) is 1.10. The number of benzene rings is 2. The largest absolute Gasteiger partial charge is 0.508 e. The molecule has 1 heterocycles. The van der Waals surface area contributed by atoms with E-state index in [1.165, 1.54) is 12.1 Å². The molecule has 0 saturated heterocycles. The second-order valence-corrected chi connectivity index (χ2v) is 5.92. The number of amides is 1. The van der Waals surface area contributed by atoms with Gasteiger partial charge >= 0.3 is 0 Å². The highest BCUT2D eigenvalue weighted by Crippen LogP contribution is 2.25. The molecular weight excluding hydrogens is 342 g/mol. The number of phenolic OH excluding ortho intramolecular Hbond substituents is 1. The summed E-state index contributed by atoms with van der Waals surface area (Å²) >= 11 is 1.14. The van der Waals surface area contributed by atoms with Gasteiger partial charge in [0.25, 0.3) is 5.22 Å². The van der Waals surface area contributed by atoms with Crippen molar-refractivity contribution in [2.75, 3.05) is 18.2 Å². The first-order valence-electron chi connectivity index (χ1n) is 7.33. The van der Waals surface area contributed by atoms with Crippen molar-refractivity contribution in [3.05, 3.63) is 48.5 Å². The van der Waals surface area contributed by atoms with E-state index in [0.29, 0.717) is 28.1 Å². The molecule has 8 heteroatoms. The zero-order valence-corrected chi connectivity index (χ0v) is 14.1. The summed E-state index contributed by atoms with van der Waals surface area (Å²) in [5, 5.41) is 20.2. The molecule has 1 aromatic heterocycles. The summed E-state index contributed by atoms with van der Waals surface area (Å²) in [4.78, 5) is 12.0. The number of anilines is 1. The Kier molecular flexibility index (Phi) is 5.20. The number of nitrogens with one attached hydrogen (secondary N) is 1. The number of hydrogen-bond acceptors (Lipinski definition) is 7. The second kappa shape index (κ2) is 7.71. The Labute approximate surface area is 148 Å². The van der Waals surface area contributed by atoms with Crippen LogP contribution in [0.2, 0.25) is 0 Å². The quantitative estimate of drug-likeness (QED) is 0.654. The number of ether oxygens (including phenoxy) is 1. The molecule has 0 radical (unpaired) electrons. The fourth-order valence-corrected chi connectivity index (χ4v) is 2.58. The maximum absolute atomic E-state index is 12.0. The zero-order chi connectivity index (χ0) is 17.6. The summed E-state index contributed by atoms with van der Waals surface area (Å²) in [6, 6.07) is 13.5. The third-order valence-electron chi connectivity index (χ3n) is 3.20. The number of methoxy groups -OCH3 is 1. The molecule has 1 amide bonds. The van der Waals surface area contributed by atoms with Crippen LogP contribution in [0.15, 0.2) is 58.2 Å². The summed E-state index contributed by atoms with van der Waals surface area (Å²) in [5.41, 5.74) is 1.35. The van der Waals surface area contributed by atoms with Gasteiger partial charge in [-0.2, -0.15) is 0 Å². The van der Waals surface area contributed by atoms with Crippen molar-refractivity contribution >= 4 is 23.4 Å². The summed E-state index contributed by atoms with van der Waals surface area (Å²) in [6.07, 6.45) is 0. The van der Waals surface area contributed by atoms with Crippen LogP contribution in [0.1, 0.15) is 0 Å². The normalized spacial score (nSPS) is 10.4. The molecule has 7 nitrogen and oxygen atoms in total. The van der Waals surface area contributed by atoms with Gasteiger partial charge in [-0.15, -0.1) is 10.2 Å². The smallest absolute Gasteiger partial charge is 0.277 e. The maximum Gasteiger partial charge on any atom is 0.277 e. The van der Waals surface area contributed by atoms with Gasteiger partial charge < -0.3 is 19.6 Å². The number of hydrogen-bond donors (Lipinski definition) is 2. The van der Waals surface area contributed by atoms with Crippen molar-refractivity contribution in [1.29, 1.82) is 0 Å². The molecule has 25 heavy (non-hydrogen) atoms. The molecule has 128 valence electrons. The number of nitrogens with zero attached hydrogens (tertiary/aromatic N) is 2. The highest BCUT2D eigenvalue weighted by molar-refractivity contribution is 7.99. The number of phenols is 1. The predicted octanol–water partition coefficient (Wildman–Crippen LogP) is 3.18. The minimum Gasteiger partial charge on any atom is -0.508 e. The van der Waals surface area contributed by atoms with E-state index in [1.54, 1.807) is 43.5 Å². The lowest BCUT2D eigenvalue weighted by Gasteiger charge is -2.05. The number of aromatic nitrogens is 2. The minimum absolute atomic E-state index is 0.133. The van der Waals surface area contributed by atoms with E-state index < -0.39 is 0 Å². The molecular formula is C17H15N3O4S. The highest BCUT2D eigenvalue weighted by atomic mass is 32.2. The molecule has 3 rings (SSSR count). The number of carbonyl (C=O) groups excluding carboxylic acids is 1. The van der Waals surface area contributed by atoms with Crippen LogP contribution in [-0.2, 0) is 4.79 Å². The van der Waals surface area contributed by atoms with Crippen LogP contribution in [-0.4, -0.2) is 34.1 Å². The third-order valence-corrected chi connectivity index (χ3v) is 4.02. The van der Waals surface area contributed by atoms with E-state index in [-0.39, 0.29) is 17.4 Å². The summed E-state index contributed by atoms with van der Waals surface area (Å²) < 4.78 is 10.6. The molecule has 3 aromatic rings. The molecule has 2 N–H and O–H groups in total. The maximum atomic E-state index is 12.0. The molecule has 0 atom stereocenters. The average molecular weight is 357 g/mol. The lowest BCUT2D eigenvalue weighted by atomic mass is 10.2. The Balaban J connectivity index is 1.56. The lowest BCUT2D eigenvalue weighted by molar-refractivity contribution is -0.113. The molecule has 0 aliphatic rings.